The van der Waals surface area contributed by atoms with Crippen LogP contribution in [0, 0.1) is 0 Å². The summed E-state index contributed by atoms with van der Waals surface area (Å²) in [5.74, 6) is -0.607. The van der Waals surface area contributed by atoms with Crippen molar-refractivity contribution in [2.45, 2.75) is 0 Å². The lowest BCUT2D eigenvalue weighted by atomic mass is 10.2. The molecule has 0 saturated carbocycles. The zero-order valence-corrected chi connectivity index (χ0v) is 14.2. The Balaban J connectivity index is 1.88. The molecule has 2 amide bonds. The fraction of sp³-hybridized carbons (Fsp3) is 0.250. The lowest BCUT2D eigenvalue weighted by Gasteiger charge is -2.04. The van der Waals surface area contributed by atoms with Crippen molar-refractivity contribution in [2.75, 3.05) is 26.8 Å². The molecule has 0 aliphatic heterocycles. The quantitative estimate of drug-likeness (QED) is 0.594. The molecule has 2 rings (SSSR count). The van der Waals surface area contributed by atoms with E-state index in [1.165, 1.54) is 17.4 Å². The summed E-state index contributed by atoms with van der Waals surface area (Å²) in [6, 6.07) is 7.78. The van der Waals surface area contributed by atoms with Crippen LogP contribution in [-0.4, -0.2) is 38.6 Å². The summed E-state index contributed by atoms with van der Waals surface area (Å²) in [5, 5.41) is 6.73. The second-order valence-electron chi connectivity index (χ2n) is 4.67. The molecule has 0 atom stereocenters. The fourth-order valence-corrected chi connectivity index (χ4v) is 3.27. The molecule has 0 saturated heterocycles. The molecule has 0 aliphatic carbocycles. The second-order valence-corrected chi connectivity index (χ2v) is 6.13. The number of fused-ring (bicyclic) bond motifs is 1. The van der Waals surface area contributed by atoms with Crippen LogP contribution in [0.3, 0.4) is 0 Å². The normalized spacial score (nSPS) is 11.0. The Morgan fingerprint density at radius 1 is 1.30 bits per heavy atom. The van der Waals surface area contributed by atoms with E-state index in [0.717, 1.165) is 15.0 Å². The van der Waals surface area contributed by atoms with Gasteiger partial charge in [-0.15, -0.1) is 11.3 Å². The third-order valence-electron chi connectivity index (χ3n) is 3.00. The molecule has 1 aromatic heterocycles. The number of ether oxygens (including phenoxy) is 1. The van der Waals surface area contributed by atoms with Crippen LogP contribution in [0.1, 0.15) is 4.88 Å². The summed E-state index contributed by atoms with van der Waals surface area (Å²) in [7, 11) is 1.55. The van der Waals surface area contributed by atoms with E-state index in [-0.39, 0.29) is 18.4 Å². The van der Waals surface area contributed by atoms with Crippen molar-refractivity contribution in [3.8, 4) is 0 Å². The molecule has 0 aliphatic rings. The zero-order chi connectivity index (χ0) is 16.7. The molecule has 0 radical (unpaired) electrons. The molecular weight excluding hydrogens is 336 g/mol. The number of methoxy groups -OCH3 is 1. The van der Waals surface area contributed by atoms with Gasteiger partial charge in [0.2, 0.25) is 11.8 Å². The van der Waals surface area contributed by atoms with Crippen molar-refractivity contribution < 1.29 is 14.3 Å². The minimum Gasteiger partial charge on any atom is -0.383 e. The number of hydrogen-bond donors (Lipinski definition) is 2. The first kappa shape index (κ1) is 17.5. The van der Waals surface area contributed by atoms with Crippen LogP contribution in [0.2, 0.25) is 5.02 Å². The second kappa shape index (κ2) is 8.67. The SMILES string of the molecule is COCCNC(=O)CNC(=O)/C=C/c1sc2ccccc2c1Cl. The van der Waals surface area contributed by atoms with Crippen LogP contribution in [0.4, 0.5) is 0 Å². The predicted molar refractivity (Wildman–Crippen MR) is 93.8 cm³/mol. The van der Waals surface area contributed by atoms with Crippen molar-refractivity contribution in [1.29, 1.82) is 0 Å². The van der Waals surface area contributed by atoms with E-state index in [9.17, 15) is 9.59 Å². The van der Waals surface area contributed by atoms with E-state index in [1.807, 2.05) is 24.3 Å². The number of nitrogens with one attached hydrogen (secondary N) is 2. The Bertz CT molecular complexity index is 727. The van der Waals surface area contributed by atoms with Crippen LogP contribution >= 0.6 is 22.9 Å². The van der Waals surface area contributed by atoms with Gasteiger partial charge < -0.3 is 15.4 Å². The molecule has 7 heteroatoms. The molecule has 2 N–H and O–H groups in total. The summed E-state index contributed by atoms with van der Waals surface area (Å²) in [5.41, 5.74) is 0. The Hall–Kier alpha value is -1.89. The van der Waals surface area contributed by atoms with E-state index in [4.69, 9.17) is 16.3 Å². The molecule has 0 fully saturated rings. The topological polar surface area (TPSA) is 67.4 Å². The zero-order valence-electron chi connectivity index (χ0n) is 12.6. The van der Waals surface area contributed by atoms with Gasteiger partial charge in [-0.05, 0) is 12.1 Å². The van der Waals surface area contributed by atoms with E-state index >= 15 is 0 Å². The van der Waals surface area contributed by atoms with Gasteiger partial charge in [0.25, 0.3) is 0 Å². The highest BCUT2D eigenvalue weighted by Crippen LogP contribution is 2.35. The third kappa shape index (κ3) is 5.06. The van der Waals surface area contributed by atoms with Gasteiger partial charge in [-0.25, -0.2) is 0 Å². The maximum Gasteiger partial charge on any atom is 0.244 e. The van der Waals surface area contributed by atoms with Gasteiger partial charge in [-0.3, -0.25) is 9.59 Å². The molecule has 23 heavy (non-hydrogen) atoms. The van der Waals surface area contributed by atoms with Crippen molar-refractivity contribution in [1.82, 2.24) is 10.6 Å². The van der Waals surface area contributed by atoms with Crippen LogP contribution in [0.15, 0.2) is 30.3 Å². The van der Waals surface area contributed by atoms with Gasteiger partial charge in [0.15, 0.2) is 0 Å². The largest absolute Gasteiger partial charge is 0.383 e. The first-order chi connectivity index (χ1) is 11.1. The van der Waals surface area contributed by atoms with Gasteiger partial charge in [0, 0.05) is 34.7 Å². The van der Waals surface area contributed by atoms with E-state index < -0.39 is 0 Å². The Labute approximate surface area is 143 Å². The number of benzene rings is 1. The summed E-state index contributed by atoms with van der Waals surface area (Å²) in [4.78, 5) is 24.0. The van der Waals surface area contributed by atoms with E-state index in [1.54, 1.807) is 13.2 Å². The van der Waals surface area contributed by atoms with Gasteiger partial charge in [0.05, 0.1) is 18.2 Å². The van der Waals surface area contributed by atoms with Crippen LogP contribution in [0.25, 0.3) is 16.2 Å². The van der Waals surface area contributed by atoms with Crippen LogP contribution in [-0.2, 0) is 14.3 Å². The molecule has 0 unspecified atom stereocenters. The molecule has 1 aromatic carbocycles. The summed E-state index contributed by atoms with van der Waals surface area (Å²) >= 11 is 7.80. The highest BCUT2D eigenvalue weighted by Gasteiger charge is 2.08. The fourth-order valence-electron chi connectivity index (χ4n) is 1.87. The molecule has 122 valence electrons. The number of carbonyl (C=O) groups excluding carboxylic acids is 2. The highest BCUT2D eigenvalue weighted by molar-refractivity contribution is 7.20. The molecular formula is C16H17ClN2O3S. The average molecular weight is 353 g/mol. The Morgan fingerprint density at radius 3 is 2.83 bits per heavy atom. The molecule has 2 aromatic rings. The summed E-state index contributed by atoms with van der Waals surface area (Å²) < 4.78 is 5.88. The monoisotopic (exact) mass is 352 g/mol. The predicted octanol–water partition coefficient (Wildman–Crippen LogP) is 2.45. The number of rotatable bonds is 7. The van der Waals surface area contributed by atoms with Gasteiger partial charge in [-0.1, -0.05) is 29.8 Å². The molecule has 0 bridgehead atoms. The van der Waals surface area contributed by atoms with Crippen molar-refractivity contribution in [3.05, 3.63) is 40.2 Å². The maximum absolute atomic E-state index is 11.7. The van der Waals surface area contributed by atoms with Crippen molar-refractivity contribution in [2.24, 2.45) is 0 Å². The van der Waals surface area contributed by atoms with Crippen molar-refractivity contribution in [3.63, 3.8) is 0 Å². The molecule has 0 spiro atoms. The Morgan fingerprint density at radius 2 is 2.09 bits per heavy atom. The smallest absolute Gasteiger partial charge is 0.244 e. The minimum absolute atomic E-state index is 0.0764. The standard InChI is InChI=1S/C16H17ClN2O3S/c1-22-9-8-18-15(21)10-19-14(20)7-6-13-16(17)11-4-2-3-5-12(11)23-13/h2-7H,8-10H2,1H3,(H,18,21)(H,19,20)/b7-6+. The maximum atomic E-state index is 11.7. The first-order valence-corrected chi connectivity index (χ1v) is 8.20. The van der Waals surface area contributed by atoms with E-state index in [0.29, 0.717) is 18.2 Å². The minimum atomic E-state index is -0.347. The highest BCUT2D eigenvalue weighted by atomic mass is 35.5. The van der Waals surface area contributed by atoms with E-state index in [2.05, 4.69) is 10.6 Å². The lowest BCUT2D eigenvalue weighted by molar-refractivity contribution is -0.124. The number of carbonyl (C=O) groups is 2. The third-order valence-corrected chi connectivity index (χ3v) is 4.65. The summed E-state index contributed by atoms with van der Waals surface area (Å²) in [6.45, 7) is 0.773. The lowest BCUT2D eigenvalue weighted by Crippen LogP contribution is -2.37. The van der Waals surface area contributed by atoms with Crippen LogP contribution in [0.5, 0.6) is 0 Å². The van der Waals surface area contributed by atoms with Crippen molar-refractivity contribution >= 4 is 50.9 Å². The van der Waals surface area contributed by atoms with Crippen LogP contribution < -0.4 is 10.6 Å². The average Bonchev–Trinajstić information content (AvgIpc) is 2.88. The first-order valence-electron chi connectivity index (χ1n) is 7.00. The number of hydrogen-bond acceptors (Lipinski definition) is 4. The summed E-state index contributed by atoms with van der Waals surface area (Å²) in [6.07, 6.45) is 3.03. The number of thiophene rings is 1. The number of amides is 2. The molecule has 1 heterocycles. The van der Waals surface area contributed by atoms with Gasteiger partial charge in [-0.2, -0.15) is 0 Å². The van der Waals surface area contributed by atoms with Gasteiger partial charge in [0.1, 0.15) is 0 Å². The molecule has 5 nitrogen and oxygen atoms in total. The number of halogens is 1. The van der Waals surface area contributed by atoms with Gasteiger partial charge >= 0.3 is 0 Å². The Kier molecular flexibility index (Phi) is 6.58.